The summed E-state index contributed by atoms with van der Waals surface area (Å²) < 4.78 is 0. The van der Waals surface area contributed by atoms with Crippen molar-refractivity contribution < 1.29 is 44.4 Å². The maximum atomic E-state index is 13.3. The first-order valence-corrected chi connectivity index (χ1v) is 13.3. The van der Waals surface area contributed by atoms with Crippen molar-refractivity contribution in [1.82, 2.24) is 20.6 Å². The number of hydrogen-bond acceptors (Lipinski definition) is 11. The number of carboxylic acid groups (broad SMARTS) is 1. The fourth-order valence-corrected chi connectivity index (χ4v) is 4.76. The average molecular weight is 595 g/mol. The van der Waals surface area contributed by atoms with E-state index in [4.69, 9.17) is 5.73 Å². The lowest BCUT2D eigenvalue weighted by atomic mass is 9.81. The Balaban J connectivity index is 1.52. The number of carboxylic acids is 1. The minimum Gasteiger partial charge on any atom is -0.507 e. The molecule has 43 heavy (non-hydrogen) atoms. The molecule has 0 fully saturated rings. The molecule has 1 aromatic heterocycles. The van der Waals surface area contributed by atoms with Crippen LogP contribution in [0.25, 0.3) is 0 Å². The summed E-state index contributed by atoms with van der Waals surface area (Å²) in [6.45, 7) is -0.144. The van der Waals surface area contributed by atoms with Gasteiger partial charge in [-0.3, -0.25) is 19.2 Å². The molecule has 10 N–H and O–H groups in total. The van der Waals surface area contributed by atoms with Crippen molar-refractivity contribution in [3.05, 3.63) is 64.7 Å². The van der Waals surface area contributed by atoms with Crippen LogP contribution in [0.5, 0.6) is 17.2 Å². The number of benzene rings is 2. The molecular formula is C28H30N6O9. The lowest BCUT2D eigenvalue weighted by Crippen LogP contribution is -2.53. The van der Waals surface area contributed by atoms with Crippen molar-refractivity contribution in [1.29, 1.82) is 0 Å². The number of aromatic hydroxyl groups is 3. The minimum absolute atomic E-state index is 0.0323. The summed E-state index contributed by atoms with van der Waals surface area (Å²) in [5.74, 6) is -6.16. The number of carbonyl (C=O) groups excluding carboxylic acids is 4. The number of nitrogens with two attached hydrogens (primary N) is 1. The van der Waals surface area contributed by atoms with Crippen LogP contribution >= 0.6 is 0 Å². The number of nitrogens with zero attached hydrogens (tertiary/aromatic N) is 1. The van der Waals surface area contributed by atoms with E-state index in [9.17, 15) is 44.4 Å². The third-order valence-corrected chi connectivity index (χ3v) is 6.88. The third-order valence-electron chi connectivity index (χ3n) is 6.88. The predicted molar refractivity (Wildman–Crippen MR) is 150 cm³/mol. The number of aliphatic carboxylic acids is 1. The van der Waals surface area contributed by atoms with Gasteiger partial charge in [0, 0.05) is 24.0 Å². The Morgan fingerprint density at radius 3 is 2.05 bits per heavy atom. The van der Waals surface area contributed by atoms with Crippen LogP contribution in [0.2, 0.25) is 0 Å². The molecule has 2 atom stereocenters. The monoisotopic (exact) mass is 594 g/mol. The van der Waals surface area contributed by atoms with Gasteiger partial charge >= 0.3 is 5.97 Å². The topological polar surface area (TPSA) is 257 Å². The van der Waals surface area contributed by atoms with E-state index in [-0.39, 0.29) is 24.1 Å². The molecule has 2 aromatic carbocycles. The van der Waals surface area contributed by atoms with Crippen molar-refractivity contribution in [2.24, 2.45) is 5.73 Å². The van der Waals surface area contributed by atoms with Crippen LogP contribution in [-0.2, 0) is 20.8 Å². The molecule has 0 aliphatic heterocycles. The normalized spacial score (nSPS) is 13.4. The van der Waals surface area contributed by atoms with Gasteiger partial charge in [0.25, 0.3) is 0 Å². The number of hydrogen-bond donors (Lipinski definition) is 9. The zero-order valence-corrected chi connectivity index (χ0v) is 22.7. The van der Waals surface area contributed by atoms with Gasteiger partial charge in [0.05, 0.1) is 35.1 Å². The van der Waals surface area contributed by atoms with Crippen molar-refractivity contribution in [3.8, 4) is 17.2 Å². The number of ketones is 2. The van der Waals surface area contributed by atoms with E-state index in [0.29, 0.717) is 25.1 Å². The molecule has 15 nitrogen and oxygen atoms in total. The molecular weight excluding hydrogens is 564 g/mol. The number of amides is 2. The number of phenolic OH excluding ortho intramolecular Hbond substituents is 3. The summed E-state index contributed by atoms with van der Waals surface area (Å²) in [4.78, 5) is 71.0. The summed E-state index contributed by atoms with van der Waals surface area (Å²) in [6.07, 6.45) is 3.95. The summed E-state index contributed by atoms with van der Waals surface area (Å²) in [5, 5.41) is 48.1. The van der Waals surface area contributed by atoms with Crippen LogP contribution in [0.4, 0.5) is 5.69 Å². The van der Waals surface area contributed by atoms with Gasteiger partial charge < -0.3 is 47.1 Å². The fourth-order valence-electron chi connectivity index (χ4n) is 4.76. The average Bonchev–Trinajstić information content (AvgIpc) is 3.48. The fraction of sp³-hybridized carbons (Fsp3) is 0.286. The number of rotatable bonds is 13. The maximum Gasteiger partial charge on any atom is 0.326 e. The van der Waals surface area contributed by atoms with E-state index in [2.05, 4.69) is 25.9 Å². The Morgan fingerprint density at radius 2 is 1.47 bits per heavy atom. The van der Waals surface area contributed by atoms with Gasteiger partial charge in [0.2, 0.25) is 23.4 Å². The molecule has 0 bridgehead atoms. The van der Waals surface area contributed by atoms with Crippen LogP contribution in [-0.4, -0.2) is 84.9 Å². The molecule has 1 heterocycles. The highest BCUT2D eigenvalue weighted by Crippen LogP contribution is 2.42. The largest absolute Gasteiger partial charge is 0.507 e. The highest BCUT2D eigenvalue weighted by Gasteiger charge is 2.38. The van der Waals surface area contributed by atoms with Crippen molar-refractivity contribution >= 4 is 35.0 Å². The third kappa shape index (κ3) is 6.56. The number of unbranched alkanes of at least 4 members (excludes halogenated alkanes) is 1. The second-order valence-corrected chi connectivity index (χ2v) is 9.83. The number of carbonyl (C=O) groups is 5. The Kier molecular flexibility index (Phi) is 9.25. The molecule has 1 aliphatic carbocycles. The Hall–Kier alpha value is -5.44. The number of nitrogens with one attached hydrogen (secondary N) is 4. The molecule has 2 amide bonds. The van der Waals surface area contributed by atoms with Crippen molar-refractivity contribution in [3.63, 3.8) is 0 Å². The minimum atomic E-state index is -1.24. The molecule has 0 unspecified atom stereocenters. The molecule has 4 rings (SSSR count). The summed E-state index contributed by atoms with van der Waals surface area (Å²) in [5.41, 5.74) is 4.27. The molecule has 226 valence electrons. The summed E-state index contributed by atoms with van der Waals surface area (Å²) in [7, 11) is 0. The van der Waals surface area contributed by atoms with E-state index in [0.717, 1.165) is 18.2 Å². The van der Waals surface area contributed by atoms with Gasteiger partial charge in [-0.2, -0.15) is 0 Å². The highest BCUT2D eigenvalue weighted by atomic mass is 16.4. The molecule has 15 heteroatoms. The second kappa shape index (κ2) is 13.0. The van der Waals surface area contributed by atoms with Crippen molar-refractivity contribution in [2.45, 2.75) is 37.8 Å². The summed E-state index contributed by atoms with van der Waals surface area (Å²) >= 11 is 0. The lowest BCUT2D eigenvalue weighted by Gasteiger charge is -2.23. The number of fused-ring (bicyclic) bond motifs is 2. The first-order valence-electron chi connectivity index (χ1n) is 13.3. The van der Waals surface area contributed by atoms with Gasteiger partial charge in [-0.05, 0) is 50.1 Å². The number of H-pyrrole nitrogens is 1. The van der Waals surface area contributed by atoms with Crippen molar-refractivity contribution in [2.75, 3.05) is 18.4 Å². The molecule has 0 saturated carbocycles. The smallest absolute Gasteiger partial charge is 0.326 e. The number of imidazole rings is 1. The second-order valence-electron chi connectivity index (χ2n) is 9.83. The van der Waals surface area contributed by atoms with E-state index >= 15 is 0 Å². The van der Waals surface area contributed by atoms with Gasteiger partial charge in [-0.1, -0.05) is 0 Å². The van der Waals surface area contributed by atoms with Crippen LogP contribution in [0.1, 0.15) is 56.8 Å². The summed E-state index contributed by atoms with van der Waals surface area (Å²) in [6, 6.07) is 2.05. The maximum absolute atomic E-state index is 13.3. The zero-order valence-electron chi connectivity index (χ0n) is 22.7. The zero-order chi connectivity index (χ0) is 31.3. The molecule has 0 radical (unpaired) electrons. The van der Waals surface area contributed by atoms with Crippen LogP contribution in [0.15, 0.2) is 36.8 Å². The number of anilines is 1. The number of aromatic nitrogens is 2. The molecule has 3 aromatic rings. The predicted octanol–water partition coefficient (Wildman–Crippen LogP) is 0.140. The van der Waals surface area contributed by atoms with Crippen LogP contribution in [0.3, 0.4) is 0 Å². The first kappa shape index (κ1) is 30.5. The Morgan fingerprint density at radius 1 is 0.860 bits per heavy atom. The van der Waals surface area contributed by atoms with Gasteiger partial charge in [-0.25, -0.2) is 9.78 Å². The molecule has 0 spiro atoms. The Labute approximate surface area is 244 Å². The molecule has 1 aliphatic rings. The van der Waals surface area contributed by atoms with E-state index in [1.807, 2.05) is 0 Å². The van der Waals surface area contributed by atoms with E-state index in [1.165, 1.54) is 18.6 Å². The molecule has 0 saturated heterocycles. The lowest BCUT2D eigenvalue weighted by molar-refractivity contribution is -0.142. The first-order chi connectivity index (χ1) is 20.5. The quantitative estimate of drug-likeness (QED) is 0.0740. The van der Waals surface area contributed by atoms with Crippen LogP contribution < -0.4 is 21.7 Å². The van der Waals surface area contributed by atoms with Gasteiger partial charge in [-0.15, -0.1) is 0 Å². The van der Waals surface area contributed by atoms with E-state index in [1.54, 1.807) is 0 Å². The van der Waals surface area contributed by atoms with Crippen LogP contribution in [0, 0.1) is 0 Å². The number of aromatic amines is 1. The number of phenols is 3. The van der Waals surface area contributed by atoms with Gasteiger partial charge in [0.15, 0.2) is 0 Å². The van der Waals surface area contributed by atoms with E-state index < -0.39 is 81.9 Å². The SMILES string of the molecule is NCCCC[C@H](NC(=O)[C@H](Cc1cnc[nH]1)NC(=O)CNc1ccc(O)c2c1C(=O)c1c(O)ccc(O)c1C2=O)C(=O)O. The van der Waals surface area contributed by atoms with Gasteiger partial charge in [0.1, 0.15) is 29.3 Å². The standard InChI is InChI=1S/C28H30N6O9/c29-8-2-1-3-15(28(42)43)34-27(41)16(9-13-10-30-12-32-13)33-20(38)11-31-14-4-5-17(35)22-21(14)25(39)23-18(36)6-7-19(37)24(23)26(22)40/h4-7,10,12,15-16,31,35-37H,1-3,8-9,11,29H2,(H,30,32)(H,33,38)(H,34,41)(H,42,43)/t15-,16-/m0/s1. The Bertz CT molecular complexity index is 1570. The highest BCUT2D eigenvalue weighted by molar-refractivity contribution is 6.32.